The molecule has 3 heteroatoms. The molecule has 0 fully saturated rings. The standard InChI is InChI=1S/C15H23NO2/c1-5-15(6-2,14(17)18)16(7-3)13-11-9-8-10-12(13)4/h8-11H,5-7H2,1-4H3,(H,17,18). The summed E-state index contributed by atoms with van der Waals surface area (Å²) in [5.41, 5.74) is 1.33. The number of aliphatic carboxylic acids is 1. The number of nitrogens with zero attached hydrogens (tertiary/aromatic N) is 1. The molecule has 0 aliphatic rings. The second-order valence-corrected chi connectivity index (χ2v) is 4.57. The third kappa shape index (κ3) is 2.35. The SMILES string of the molecule is CCN(c1ccccc1C)C(CC)(CC)C(=O)O. The van der Waals surface area contributed by atoms with Crippen molar-refractivity contribution in [3.05, 3.63) is 29.8 Å². The lowest BCUT2D eigenvalue weighted by atomic mass is 9.89. The van der Waals surface area contributed by atoms with Gasteiger partial charge in [-0.1, -0.05) is 32.0 Å². The molecule has 0 saturated heterocycles. The van der Waals surface area contributed by atoms with Crippen molar-refractivity contribution in [2.75, 3.05) is 11.4 Å². The molecule has 0 heterocycles. The zero-order valence-electron chi connectivity index (χ0n) is 11.7. The summed E-state index contributed by atoms with van der Waals surface area (Å²) in [6.45, 7) is 8.61. The Morgan fingerprint density at radius 2 is 1.78 bits per heavy atom. The monoisotopic (exact) mass is 249 g/mol. The molecule has 0 aromatic heterocycles. The number of para-hydroxylation sites is 1. The summed E-state index contributed by atoms with van der Waals surface area (Å²) in [6.07, 6.45) is 1.20. The normalized spacial score (nSPS) is 11.3. The number of rotatable bonds is 6. The lowest BCUT2D eigenvalue weighted by Crippen LogP contribution is -2.54. The van der Waals surface area contributed by atoms with Crippen molar-refractivity contribution in [3.63, 3.8) is 0 Å². The minimum Gasteiger partial charge on any atom is -0.479 e. The molecule has 100 valence electrons. The number of carbonyl (C=O) groups is 1. The highest BCUT2D eigenvalue weighted by Gasteiger charge is 2.40. The van der Waals surface area contributed by atoms with E-state index in [0.717, 1.165) is 11.3 Å². The summed E-state index contributed by atoms with van der Waals surface area (Å²) >= 11 is 0. The second-order valence-electron chi connectivity index (χ2n) is 4.57. The Hall–Kier alpha value is -1.51. The molecule has 1 aromatic carbocycles. The minimum absolute atomic E-state index is 0.598. The number of hydrogen-bond donors (Lipinski definition) is 1. The molecule has 0 radical (unpaired) electrons. The van der Waals surface area contributed by atoms with Gasteiger partial charge in [-0.2, -0.15) is 0 Å². The van der Waals surface area contributed by atoms with Crippen LogP contribution in [0.1, 0.15) is 39.2 Å². The van der Waals surface area contributed by atoms with E-state index in [9.17, 15) is 9.90 Å². The first-order chi connectivity index (χ1) is 8.53. The topological polar surface area (TPSA) is 40.5 Å². The van der Waals surface area contributed by atoms with Crippen LogP contribution in [0.5, 0.6) is 0 Å². The predicted molar refractivity (Wildman–Crippen MR) is 75.1 cm³/mol. The summed E-state index contributed by atoms with van der Waals surface area (Å²) in [5, 5.41) is 9.64. The minimum atomic E-state index is -0.805. The summed E-state index contributed by atoms with van der Waals surface area (Å²) in [6, 6.07) is 7.97. The van der Waals surface area contributed by atoms with E-state index in [1.807, 2.05) is 56.9 Å². The predicted octanol–water partition coefficient (Wildman–Crippen LogP) is 3.46. The van der Waals surface area contributed by atoms with Gasteiger partial charge in [0.2, 0.25) is 0 Å². The van der Waals surface area contributed by atoms with Gasteiger partial charge in [0.15, 0.2) is 0 Å². The molecule has 0 spiro atoms. The third-order valence-corrected chi connectivity index (χ3v) is 3.81. The van der Waals surface area contributed by atoms with Crippen LogP contribution in [-0.4, -0.2) is 23.2 Å². The zero-order chi connectivity index (χ0) is 13.8. The van der Waals surface area contributed by atoms with Crippen LogP contribution >= 0.6 is 0 Å². The Morgan fingerprint density at radius 3 is 2.17 bits per heavy atom. The Labute approximate surface area is 109 Å². The van der Waals surface area contributed by atoms with Crippen molar-refractivity contribution in [2.45, 2.75) is 46.1 Å². The van der Waals surface area contributed by atoms with E-state index in [0.29, 0.717) is 19.4 Å². The number of hydrogen-bond acceptors (Lipinski definition) is 2. The van der Waals surface area contributed by atoms with Gasteiger partial charge in [-0.15, -0.1) is 0 Å². The van der Waals surface area contributed by atoms with Crippen LogP contribution in [0.4, 0.5) is 5.69 Å². The van der Waals surface area contributed by atoms with Crippen molar-refractivity contribution in [1.82, 2.24) is 0 Å². The highest BCUT2D eigenvalue weighted by molar-refractivity contribution is 5.84. The van der Waals surface area contributed by atoms with Crippen molar-refractivity contribution < 1.29 is 9.90 Å². The van der Waals surface area contributed by atoms with Crippen molar-refractivity contribution in [2.24, 2.45) is 0 Å². The molecule has 0 aliphatic heterocycles. The molecule has 1 aromatic rings. The Bertz CT molecular complexity index is 411. The fourth-order valence-electron chi connectivity index (χ4n) is 2.62. The summed E-state index contributed by atoms with van der Waals surface area (Å²) < 4.78 is 0. The molecule has 0 saturated carbocycles. The first kappa shape index (κ1) is 14.6. The van der Waals surface area contributed by atoms with Crippen molar-refractivity contribution in [1.29, 1.82) is 0 Å². The quantitative estimate of drug-likeness (QED) is 0.839. The fraction of sp³-hybridized carbons (Fsp3) is 0.533. The van der Waals surface area contributed by atoms with Crippen molar-refractivity contribution >= 4 is 11.7 Å². The van der Waals surface area contributed by atoms with Gasteiger partial charge in [0.25, 0.3) is 0 Å². The summed E-state index contributed by atoms with van der Waals surface area (Å²) in [7, 11) is 0. The molecule has 18 heavy (non-hydrogen) atoms. The largest absolute Gasteiger partial charge is 0.479 e. The average Bonchev–Trinajstić information content (AvgIpc) is 2.37. The van der Waals surface area contributed by atoms with E-state index in [4.69, 9.17) is 0 Å². The summed E-state index contributed by atoms with van der Waals surface area (Å²) in [5.74, 6) is -0.738. The molecule has 1 rings (SSSR count). The van der Waals surface area contributed by atoms with Gasteiger partial charge in [-0.05, 0) is 38.3 Å². The maximum Gasteiger partial charge on any atom is 0.329 e. The van der Waals surface area contributed by atoms with Crippen LogP contribution in [-0.2, 0) is 4.79 Å². The smallest absolute Gasteiger partial charge is 0.329 e. The Morgan fingerprint density at radius 1 is 1.22 bits per heavy atom. The van der Waals surface area contributed by atoms with Gasteiger partial charge in [0, 0.05) is 12.2 Å². The molecule has 0 bridgehead atoms. The van der Waals surface area contributed by atoms with Gasteiger partial charge >= 0.3 is 5.97 Å². The zero-order valence-corrected chi connectivity index (χ0v) is 11.7. The number of carboxylic acids is 1. The number of aryl methyl sites for hydroxylation is 1. The van der Waals surface area contributed by atoms with Crippen molar-refractivity contribution in [3.8, 4) is 0 Å². The lowest BCUT2D eigenvalue weighted by molar-refractivity contribution is -0.143. The lowest BCUT2D eigenvalue weighted by Gasteiger charge is -2.41. The molecule has 0 aliphatic carbocycles. The number of benzene rings is 1. The van der Waals surface area contributed by atoms with Crippen LogP contribution in [0.2, 0.25) is 0 Å². The number of likely N-dealkylation sites (N-methyl/N-ethyl adjacent to an activating group) is 1. The molecule has 0 amide bonds. The van der Waals surface area contributed by atoms with E-state index in [-0.39, 0.29) is 0 Å². The highest BCUT2D eigenvalue weighted by atomic mass is 16.4. The number of anilines is 1. The molecule has 3 nitrogen and oxygen atoms in total. The summed E-state index contributed by atoms with van der Waals surface area (Å²) in [4.78, 5) is 13.7. The van der Waals surface area contributed by atoms with Crippen LogP contribution < -0.4 is 4.90 Å². The van der Waals surface area contributed by atoms with E-state index in [1.165, 1.54) is 0 Å². The number of carboxylic acid groups (broad SMARTS) is 1. The fourth-order valence-corrected chi connectivity index (χ4v) is 2.62. The van der Waals surface area contributed by atoms with Crippen LogP contribution in [0.15, 0.2) is 24.3 Å². The van der Waals surface area contributed by atoms with Crippen LogP contribution in [0.3, 0.4) is 0 Å². The van der Waals surface area contributed by atoms with Crippen LogP contribution in [0, 0.1) is 6.92 Å². The maximum absolute atomic E-state index is 11.7. The molecular formula is C15H23NO2. The average molecular weight is 249 g/mol. The second kappa shape index (κ2) is 5.89. The van der Waals surface area contributed by atoms with E-state index >= 15 is 0 Å². The van der Waals surface area contributed by atoms with E-state index in [1.54, 1.807) is 0 Å². The molecule has 0 unspecified atom stereocenters. The van der Waals surface area contributed by atoms with Gasteiger partial charge in [-0.25, -0.2) is 4.79 Å². The first-order valence-electron chi connectivity index (χ1n) is 6.60. The maximum atomic E-state index is 11.7. The van der Waals surface area contributed by atoms with Gasteiger partial charge in [0.1, 0.15) is 5.54 Å². The molecular weight excluding hydrogens is 226 g/mol. The van der Waals surface area contributed by atoms with Gasteiger partial charge in [0.05, 0.1) is 0 Å². The molecule has 0 atom stereocenters. The Kier molecular flexibility index (Phi) is 4.76. The first-order valence-corrected chi connectivity index (χ1v) is 6.60. The molecule has 1 N–H and O–H groups in total. The van der Waals surface area contributed by atoms with Gasteiger partial charge in [-0.3, -0.25) is 0 Å². The Balaban J connectivity index is 3.31. The van der Waals surface area contributed by atoms with E-state index in [2.05, 4.69) is 0 Å². The van der Waals surface area contributed by atoms with E-state index < -0.39 is 11.5 Å². The van der Waals surface area contributed by atoms with Crippen LogP contribution in [0.25, 0.3) is 0 Å². The van der Waals surface area contributed by atoms with Gasteiger partial charge < -0.3 is 10.0 Å². The third-order valence-electron chi connectivity index (χ3n) is 3.81. The highest BCUT2D eigenvalue weighted by Crippen LogP contribution is 2.32.